The Bertz CT molecular complexity index is 825. The molecule has 0 bridgehead atoms. The molecule has 4 rings (SSSR count). The highest BCUT2D eigenvalue weighted by atomic mass is 19.1. The molecule has 1 aromatic heterocycles. The average Bonchev–Trinajstić information content (AvgIpc) is 2.69. The van der Waals surface area contributed by atoms with Gasteiger partial charge in [-0.2, -0.15) is 0 Å². The molecular formula is C20H24F2N6. The molecule has 2 N–H and O–H groups in total. The van der Waals surface area contributed by atoms with Gasteiger partial charge in [0, 0.05) is 49.6 Å². The average molecular weight is 386 g/mol. The summed E-state index contributed by atoms with van der Waals surface area (Å²) in [6.45, 7) is 3.20. The molecule has 148 valence electrons. The number of nitrogens with two attached hydrogens (primary N) is 1. The first-order chi connectivity index (χ1) is 13.6. The molecule has 1 aliphatic carbocycles. The topological polar surface area (TPSA) is 70.6 Å². The smallest absolute Gasteiger partial charge is 0.225 e. The molecule has 0 radical (unpaired) electrons. The summed E-state index contributed by atoms with van der Waals surface area (Å²) in [7, 11) is 0. The van der Waals surface area contributed by atoms with Crippen LogP contribution in [0.1, 0.15) is 24.8 Å². The normalized spacial score (nSPS) is 19.4. The van der Waals surface area contributed by atoms with Crippen molar-refractivity contribution >= 4 is 11.9 Å². The zero-order valence-electron chi connectivity index (χ0n) is 15.7. The van der Waals surface area contributed by atoms with Crippen molar-refractivity contribution in [2.24, 2.45) is 10.7 Å². The summed E-state index contributed by atoms with van der Waals surface area (Å²) in [6, 6.07) is 5.82. The highest BCUT2D eigenvalue weighted by Crippen LogP contribution is 2.46. The Kier molecular flexibility index (Phi) is 5.11. The third-order valence-electron chi connectivity index (χ3n) is 5.79. The Labute approximate surface area is 163 Å². The van der Waals surface area contributed by atoms with Gasteiger partial charge in [-0.3, -0.25) is 4.99 Å². The zero-order chi connectivity index (χ0) is 19.6. The van der Waals surface area contributed by atoms with Crippen LogP contribution in [0, 0.1) is 11.6 Å². The number of aromatic nitrogens is 2. The number of piperazine rings is 1. The van der Waals surface area contributed by atoms with Crippen molar-refractivity contribution in [3.63, 3.8) is 0 Å². The van der Waals surface area contributed by atoms with Gasteiger partial charge in [0.2, 0.25) is 5.95 Å². The summed E-state index contributed by atoms with van der Waals surface area (Å²) in [6.07, 6.45) is 5.84. The van der Waals surface area contributed by atoms with Crippen molar-refractivity contribution in [1.29, 1.82) is 0 Å². The molecule has 28 heavy (non-hydrogen) atoms. The molecule has 2 aliphatic rings. The van der Waals surface area contributed by atoms with Crippen LogP contribution in [0.4, 0.5) is 14.7 Å². The number of aliphatic imine (C=N–C) groups is 1. The molecule has 0 amide bonds. The van der Waals surface area contributed by atoms with E-state index in [1.165, 1.54) is 18.2 Å². The lowest BCUT2D eigenvalue weighted by atomic mass is 9.64. The summed E-state index contributed by atoms with van der Waals surface area (Å²) in [5, 5.41) is 0. The molecule has 1 saturated carbocycles. The van der Waals surface area contributed by atoms with Gasteiger partial charge in [-0.25, -0.2) is 18.7 Å². The minimum absolute atomic E-state index is 0.156. The maximum absolute atomic E-state index is 14.3. The van der Waals surface area contributed by atoms with E-state index in [1.54, 1.807) is 18.5 Å². The van der Waals surface area contributed by atoms with Gasteiger partial charge in [0.1, 0.15) is 11.6 Å². The van der Waals surface area contributed by atoms with Crippen molar-refractivity contribution in [3.05, 3.63) is 53.9 Å². The minimum atomic E-state index is -0.584. The summed E-state index contributed by atoms with van der Waals surface area (Å²) >= 11 is 0. The second kappa shape index (κ2) is 7.69. The molecule has 2 heterocycles. The van der Waals surface area contributed by atoms with Crippen LogP contribution in [0.5, 0.6) is 0 Å². The van der Waals surface area contributed by atoms with Crippen LogP contribution < -0.4 is 10.6 Å². The van der Waals surface area contributed by atoms with Crippen LogP contribution in [0.25, 0.3) is 0 Å². The Morgan fingerprint density at radius 1 is 1.04 bits per heavy atom. The highest BCUT2D eigenvalue weighted by molar-refractivity contribution is 5.78. The van der Waals surface area contributed by atoms with Crippen molar-refractivity contribution in [2.45, 2.75) is 24.7 Å². The van der Waals surface area contributed by atoms with E-state index < -0.39 is 17.0 Å². The maximum Gasteiger partial charge on any atom is 0.225 e. The van der Waals surface area contributed by atoms with Crippen molar-refractivity contribution in [2.75, 3.05) is 37.6 Å². The predicted octanol–water partition coefficient (Wildman–Crippen LogP) is 2.31. The standard InChI is InChI=1S/C20H24F2N6/c21-15-4-1-5-16(22)17(15)20(6-2-7-20)14-26-18(23)27-10-12-28(13-11-27)19-24-8-3-9-25-19/h1,3-5,8-9H,2,6-7,10-14H2,(H2,23,26). The molecule has 0 unspecified atom stereocenters. The fourth-order valence-corrected chi connectivity index (χ4v) is 4.02. The van der Waals surface area contributed by atoms with Crippen LogP contribution >= 0.6 is 0 Å². The predicted molar refractivity (Wildman–Crippen MR) is 104 cm³/mol. The molecule has 2 fully saturated rings. The number of guanidine groups is 1. The zero-order valence-corrected chi connectivity index (χ0v) is 15.7. The number of nitrogens with zero attached hydrogens (tertiary/aromatic N) is 5. The Morgan fingerprint density at radius 2 is 1.68 bits per heavy atom. The molecule has 1 aromatic carbocycles. The van der Waals surface area contributed by atoms with E-state index in [9.17, 15) is 8.78 Å². The number of hydrogen-bond acceptors (Lipinski definition) is 4. The second-order valence-electron chi connectivity index (χ2n) is 7.43. The Hall–Kier alpha value is -2.77. The van der Waals surface area contributed by atoms with Crippen LogP contribution in [-0.4, -0.2) is 53.6 Å². The summed E-state index contributed by atoms with van der Waals surface area (Å²) in [5.74, 6) is 0.146. The van der Waals surface area contributed by atoms with E-state index >= 15 is 0 Å². The van der Waals surface area contributed by atoms with Gasteiger partial charge in [0.25, 0.3) is 0 Å². The number of rotatable bonds is 4. The van der Waals surface area contributed by atoms with Gasteiger partial charge in [-0.1, -0.05) is 12.5 Å². The van der Waals surface area contributed by atoms with E-state index in [1.807, 2.05) is 4.90 Å². The molecule has 1 aliphatic heterocycles. The second-order valence-corrected chi connectivity index (χ2v) is 7.43. The fourth-order valence-electron chi connectivity index (χ4n) is 4.02. The third kappa shape index (κ3) is 3.50. The first kappa shape index (κ1) is 18.6. The fraction of sp³-hybridized carbons (Fsp3) is 0.450. The maximum atomic E-state index is 14.3. The van der Waals surface area contributed by atoms with Gasteiger partial charge < -0.3 is 15.5 Å². The van der Waals surface area contributed by atoms with Gasteiger partial charge >= 0.3 is 0 Å². The number of hydrogen-bond donors (Lipinski definition) is 1. The van der Waals surface area contributed by atoms with Crippen LogP contribution in [0.2, 0.25) is 0 Å². The SMILES string of the molecule is NC(=NCC1(c2c(F)cccc2F)CCC1)N1CCN(c2ncccn2)CC1. The number of anilines is 1. The first-order valence-corrected chi connectivity index (χ1v) is 9.60. The van der Waals surface area contributed by atoms with Crippen LogP contribution in [-0.2, 0) is 5.41 Å². The van der Waals surface area contributed by atoms with Gasteiger partial charge in [0.05, 0.1) is 6.54 Å². The lowest BCUT2D eigenvalue weighted by Crippen LogP contribution is -2.52. The summed E-state index contributed by atoms with van der Waals surface area (Å²) in [5.41, 5.74) is 5.78. The molecule has 1 saturated heterocycles. The Morgan fingerprint density at radius 3 is 2.25 bits per heavy atom. The third-order valence-corrected chi connectivity index (χ3v) is 5.79. The highest BCUT2D eigenvalue weighted by Gasteiger charge is 2.42. The van der Waals surface area contributed by atoms with Gasteiger partial charge in [-0.05, 0) is 31.0 Å². The lowest BCUT2D eigenvalue weighted by molar-refractivity contribution is 0.235. The van der Waals surface area contributed by atoms with Crippen molar-refractivity contribution in [3.8, 4) is 0 Å². The lowest BCUT2D eigenvalue weighted by Gasteiger charge is -2.42. The number of benzene rings is 1. The Balaban J connectivity index is 1.42. The number of halogens is 2. The summed E-state index contributed by atoms with van der Waals surface area (Å²) < 4.78 is 28.6. The quantitative estimate of drug-likeness (QED) is 0.645. The van der Waals surface area contributed by atoms with E-state index in [2.05, 4.69) is 19.9 Å². The molecule has 8 heteroatoms. The van der Waals surface area contributed by atoms with Crippen LogP contribution in [0.15, 0.2) is 41.7 Å². The molecule has 6 nitrogen and oxygen atoms in total. The minimum Gasteiger partial charge on any atom is -0.370 e. The van der Waals surface area contributed by atoms with E-state index in [-0.39, 0.29) is 5.56 Å². The molecule has 0 atom stereocenters. The molecular weight excluding hydrogens is 362 g/mol. The van der Waals surface area contributed by atoms with Crippen molar-refractivity contribution in [1.82, 2.24) is 14.9 Å². The van der Waals surface area contributed by atoms with E-state index in [0.717, 1.165) is 32.4 Å². The van der Waals surface area contributed by atoms with E-state index in [4.69, 9.17) is 5.73 Å². The van der Waals surface area contributed by atoms with Crippen molar-refractivity contribution < 1.29 is 8.78 Å². The molecule has 0 spiro atoms. The monoisotopic (exact) mass is 386 g/mol. The first-order valence-electron chi connectivity index (χ1n) is 9.60. The van der Waals surface area contributed by atoms with Crippen LogP contribution in [0.3, 0.4) is 0 Å². The van der Waals surface area contributed by atoms with E-state index in [0.29, 0.717) is 31.5 Å². The largest absolute Gasteiger partial charge is 0.370 e. The summed E-state index contributed by atoms with van der Waals surface area (Å²) in [4.78, 5) is 17.2. The van der Waals surface area contributed by atoms with Gasteiger partial charge in [0.15, 0.2) is 5.96 Å². The van der Waals surface area contributed by atoms with Gasteiger partial charge in [-0.15, -0.1) is 0 Å². The molecule has 2 aromatic rings.